The van der Waals surface area contributed by atoms with Gasteiger partial charge in [-0.25, -0.2) is 0 Å². The summed E-state index contributed by atoms with van der Waals surface area (Å²) in [6.07, 6.45) is 4.86. The van der Waals surface area contributed by atoms with Crippen LogP contribution in [0.2, 0.25) is 0 Å². The average molecular weight is 365 g/mol. The number of hydrogen-bond acceptors (Lipinski definition) is 5. The van der Waals surface area contributed by atoms with Crippen LogP contribution in [0.5, 0.6) is 0 Å². The largest absolute Gasteiger partial charge is 0.317 e. The molecule has 2 saturated heterocycles. The fourth-order valence-electron chi connectivity index (χ4n) is 4.06. The average Bonchev–Trinajstić information content (AvgIpc) is 3.26. The van der Waals surface area contributed by atoms with Crippen LogP contribution >= 0.6 is 0 Å². The molecule has 0 saturated carbocycles. The maximum Gasteiger partial charge on any atom is 0.237 e. The summed E-state index contributed by atoms with van der Waals surface area (Å²) in [6.45, 7) is 5.73. The monoisotopic (exact) mass is 365 g/mol. The van der Waals surface area contributed by atoms with E-state index in [9.17, 15) is 4.79 Å². The molecule has 2 N–H and O–H groups in total. The van der Waals surface area contributed by atoms with Crippen molar-refractivity contribution in [2.24, 2.45) is 5.92 Å². The van der Waals surface area contributed by atoms with E-state index in [0.29, 0.717) is 11.7 Å². The molecule has 1 aromatic heterocycles. The topological polar surface area (TPSA) is 70.2 Å². The zero-order valence-corrected chi connectivity index (χ0v) is 15.8. The van der Waals surface area contributed by atoms with Crippen molar-refractivity contribution in [3.05, 3.63) is 47.7 Å². The molecule has 1 aromatic carbocycles. The van der Waals surface area contributed by atoms with Gasteiger partial charge in [0.25, 0.3) is 0 Å². The number of aryl methyl sites for hydroxylation is 1. The quantitative estimate of drug-likeness (QED) is 0.871. The van der Waals surface area contributed by atoms with Crippen molar-refractivity contribution in [2.75, 3.05) is 31.1 Å². The number of carbonyl (C=O) groups is 1. The number of hydrogen-bond donors (Lipinski definition) is 2. The van der Waals surface area contributed by atoms with Crippen LogP contribution in [0.3, 0.4) is 0 Å². The lowest BCUT2D eigenvalue weighted by Crippen LogP contribution is -2.34. The second kappa shape index (κ2) is 8.15. The van der Waals surface area contributed by atoms with Crippen LogP contribution in [0.25, 0.3) is 0 Å². The van der Waals surface area contributed by atoms with Crippen LogP contribution in [0.15, 0.2) is 36.5 Å². The van der Waals surface area contributed by atoms with Crippen LogP contribution in [0.4, 0.5) is 11.5 Å². The Morgan fingerprint density at radius 3 is 2.44 bits per heavy atom. The fraction of sp³-hybridized carbons (Fsp3) is 0.476. The molecule has 0 spiro atoms. The van der Waals surface area contributed by atoms with Gasteiger partial charge in [-0.1, -0.05) is 12.1 Å². The van der Waals surface area contributed by atoms with E-state index in [-0.39, 0.29) is 11.8 Å². The number of piperidine rings is 1. The van der Waals surface area contributed by atoms with Gasteiger partial charge in [0.15, 0.2) is 5.82 Å². The highest BCUT2D eigenvalue weighted by Crippen LogP contribution is 2.32. The highest BCUT2D eigenvalue weighted by molar-refractivity contribution is 6.01. The molecular weight excluding hydrogens is 338 g/mol. The maximum atomic E-state index is 13.3. The Morgan fingerprint density at radius 2 is 1.78 bits per heavy atom. The molecule has 0 unspecified atom stereocenters. The summed E-state index contributed by atoms with van der Waals surface area (Å²) in [7, 11) is 0. The third kappa shape index (κ3) is 3.87. The Morgan fingerprint density at radius 1 is 1.04 bits per heavy atom. The van der Waals surface area contributed by atoms with Gasteiger partial charge in [-0.15, -0.1) is 5.10 Å². The van der Waals surface area contributed by atoms with E-state index < -0.39 is 0 Å². The third-order valence-corrected chi connectivity index (χ3v) is 5.70. The predicted molar refractivity (Wildman–Crippen MR) is 106 cm³/mol. The van der Waals surface area contributed by atoms with Gasteiger partial charge in [-0.05, 0) is 81.1 Å². The molecule has 3 heterocycles. The number of amides is 1. The van der Waals surface area contributed by atoms with Crippen molar-refractivity contribution in [2.45, 2.75) is 32.1 Å². The number of carbonyl (C=O) groups excluding carboxylic acids is 1. The normalized spacial score (nSPS) is 20.6. The van der Waals surface area contributed by atoms with Gasteiger partial charge in [-0.2, -0.15) is 5.10 Å². The van der Waals surface area contributed by atoms with Gasteiger partial charge in [0, 0.05) is 6.54 Å². The Labute approximate surface area is 160 Å². The smallest absolute Gasteiger partial charge is 0.237 e. The first-order chi connectivity index (χ1) is 13.2. The molecule has 1 amide bonds. The van der Waals surface area contributed by atoms with Crippen molar-refractivity contribution in [1.82, 2.24) is 20.8 Å². The van der Waals surface area contributed by atoms with E-state index in [0.717, 1.165) is 43.9 Å². The zero-order chi connectivity index (χ0) is 18.6. The molecule has 6 heteroatoms. The van der Waals surface area contributed by atoms with Crippen molar-refractivity contribution >= 4 is 17.4 Å². The molecule has 6 nitrogen and oxygen atoms in total. The fourth-order valence-corrected chi connectivity index (χ4v) is 4.06. The number of aromatic nitrogens is 2. The second-order valence-corrected chi connectivity index (χ2v) is 7.52. The highest BCUT2D eigenvalue weighted by atomic mass is 16.2. The zero-order valence-electron chi connectivity index (χ0n) is 15.8. The summed E-state index contributed by atoms with van der Waals surface area (Å²) in [5.74, 6) is 1.31. The minimum Gasteiger partial charge on any atom is -0.317 e. The van der Waals surface area contributed by atoms with Crippen LogP contribution in [0.1, 0.15) is 36.3 Å². The van der Waals surface area contributed by atoms with Crippen LogP contribution in [0, 0.1) is 12.8 Å². The van der Waals surface area contributed by atoms with E-state index in [1.54, 1.807) is 11.1 Å². The van der Waals surface area contributed by atoms with Gasteiger partial charge in [0.05, 0.1) is 17.8 Å². The molecule has 27 heavy (non-hydrogen) atoms. The van der Waals surface area contributed by atoms with Crippen molar-refractivity contribution in [1.29, 1.82) is 0 Å². The molecular formula is C21H27N5O. The lowest BCUT2D eigenvalue weighted by molar-refractivity contribution is -0.121. The highest BCUT2D eigenvalue weighted by Gasteiger charge is 2.31. The Kier molecular flexibility index (Phi) is 5.45. The molecule has 0 aliphatic carbocycles. The minimum absolute atomic E-state index is 0.0181. The van der Waals surface area contributed by atoms with Gasteiger partial charge in [0.1, 0.15) is 0 Å². The lowest BCUT2D eigenvalue weighted by atomic mass is 9.90. The van der Waals surface area contributed by atoms with E-state index in [4.69, 9.17) is 0 Å². The molecule has 2 fully saturated rings. The Balaban J connectivity index is 1.65. The van der Waals surface area contributed by atoms with Crippen LogP contribution < -0.4 is 15.5 Å². The number of nitrogens with zero attached hydrogens (tertiary/aromatic N) is 3. The summed E-state index contributed by atoms with van der Waals surface area (Å²) in [4.78, 5) is 15.1. The Hall–Kier alpha value is -2.31. The molecule has 2 aliphatic heterocycles. The van der Waals surface area contributed by atoms with Gasteiger partial charge < -0.3 is 10.6 Å². The first-order valence-electron chi connectivity index (χ1n) is 9.87. The first-order valence-corrected chi connectivity index (χ1v) is 9.87. The van der Waals surface area contributed by atoms with Crippen molar-refractivity contribution < 1.29 is 4.79 Å². The molecule has 2 aromatic rings. The SMILES string of the molecule is Cc1ccnnc1N(C(=O)[C@H]1CCNC1)c1ccc(C2CCNCC2)cc1. The minimum atomic E-state index is -0.0181. The summed E-state index contributed by atoms with van der Waals surface area (Å²) >= 11 is 0. The molecule has 0 bridgehead atoms. The van der Waals surface area contributed by atoms with Crippen LogP contribution in [-0.2, 0) is 4.79 Å². The number of anilines is 2. The number of benzene rings is 1. The standard InChI is InChI=1S/C21H27N5O/c1-15-6-13-24-25-20(15)26(21(27)18-9-12-23-14-18)19-4-2-16(3-5-19)17-7-10-22-11-8-17/h2-6,13,17-18,22-23H,7-12,14H2,1H3/t18-/m0/s1. The van der Waals surface area contributed by atoms with Gasteiger partial charge in [-0.3, -0.25) is 9.69 Å². The summed E-state index contributed by atoms with van der Waals surface area (Å²) in [5.41, 5.74) is 3.17. The molecule has 4 rings (SSSR count). The summed E-state index contributed by atoms with van der Waals surface area (Å²) in [5, 5.41) is 15.0. The third-order valence-electron chi connectivity index (χ3n) is 5.70. The predicted octanol–water partition coefficient (Wildman–Crippen LogP) is 2.53. The van der Waals surface area contributed by atoms with E-state index >= 15 is 0 Å². The van der Waals surface area contributed by atoms with Crippen LogP contribution in [-0.4, -0.2) is 42.3 Å². The lowest BCUT2D eigenvalue weighted by Gasteiger charge is -2.27. The summed E-state index contributed by atoms with van der Waals surface area (Å²) in [6, 6.07) is 10.4. The van der Waals surface area contributed by atoms with Crippen molar-refractivity contribution in [3.8, 4) is 0 Å². The second-order valence-electron chi connectivity index (χ2n) is 7.52. The van der Waals surface area contributed by atoms with E-state index in [1.807, 2.05) is 13.0 Å². The molecule has 142 valence electrons. The summed E-state index contributed by atoms with van der Waals surface area (Å²) < 4.78 is 0. The van der Waals surface area contributed by atoms with Crippen molar-refractivity contribution in [3.63, 3.8) is 0 Å². The van der Waals surface area contributed by atoms with Gasteiger partial charge >= 0.3 is 0 Å². The maximum absolute atomic E-state index is 13.3. The number of nitrogens with one attached hydrogen (secondary N) is 2. The van der Waals surface area contributed by atoms with E-state index in [1.165, 1.54) is 18.4 Å². The van der Waals surface area contributed by atoms with E-state index in [2.05, 4.69) is 45.1 Å². The first kappa shape index (κ1) is 18.1. The number of rotatable bonds is 4. The van der Waals surface area contributed by atoms with Gasteiger partial charge in [0.2, 0.25) is 5.91 Å². The molecule has 2 aliphatic rings. The molecule has 1 atom stereocenters. The molecule has 0 radical (unpaired) electrons. The Bertz CT molecular complexity index is 779.